The molecule has 32 heavy (non-hydrogen) atoms. The van der Waals surface area contributed by atoms with Crippen LogP contribution in [0.3, 0.4) is 0 Å². The first-order chi connectivity index (χ1) is 15.5. The summed E-state index contributed by atoms with van der Waals surface area (Å²) in [6.07, 6.45) is 0.342. The average molecular weight is 424 g/mol. The Balaban J connectivity index is 1.39. The Labute approximate surface area is 187 Å². The van der Waals surface area contributed by atoms with Crippen LogP contribution in [0.4, 0.5) is 28.8 Å². The van der Waals surface area contributed by atoms with Gasteiger partial charge in [0.25, 0.3) is 0 Å². The van der Waals surface area contributed by atoms with E-state index in [1.807, 2.05) is 79.7 Å². The van der Waals surface area contributed by atoms with Crippen molar-refractivity contribution in [2.75, 3.05) is 16.0 Å². The van der Waals surface area contributed by atoms with E-state index in [4.69, 9.17) is 0 Å². The number of benzene rings is 3. The van der Waals surface area contributed by atoms with Crippen molar-refractivity contribution in [3.8, 4) is 0 Å². The molecule has 0 spiro atoms. The van der Waals surface area contributed by atoms with E-state index in [0.717, 1.165) is 28.3 Å². The van der Waals surface area contributed by atoms with Gasteiger partial charge in [-0.25, -0.2) is 4.98 Å². The molecule has 0 aliphatic heterocycles. The molecule has 1 heterocycles. The van der Waals surface area contributed by atoms with Crippen molar-refractivity contribution in [3.63, 3.8) is 0 Å². The number of aryl methyl sites for hydroxylation is 2. The number of aromatic nitrogens is 2. The Morgan fingerprint density at radius 3 is 2.09 bits per heavy atom. The van der Waals surface area contributed by atoms with Gasteiger partial charge in [-0.05, 0) is 55.8 Å². The summed E-state index contributed by atoms with van der Waals surface area (Å²) in [7, 11) is 0. The molecule has 6 nitrogen and oxygen atoms in total. The Kier molecular flexibility index (Phi) is 6.41. The molecule has 0 bridgehead atoms. The zero-order chi connectivity index (χ0) is 22.3. The van der Waals surface area contributed by atoms with Crippen LogP contribution in [-0.2, 0) is 11.2 Å². The fraction of sp³-hybridized carbons (Fsp3) is 0.115. The lowest BCUT2D eigenvalue weighted by Crippen LogP contribution is -2.14. The molecule has 4 rings (SSSR count). The molecule has 0 radical (unpaired) electrons. The second-order valence-corrected chi connectivity index (χ2v) is 7.62. The molecular formula is C26H25N5O. The lowest BCUT2D eigenvalue weighted by atomic mass is 10.1. The van der Waals surface area contributed by atoms with E-state index in [1.165, 1.54) is 5.56 Å². The minimum atomic E-state index is -0.0502. The van der Waals surface area contributed by atoms with Crippen LogP contribution in [0.1, 0.15) is 16.8 Å². The summed E-state index contributed by atoms with van der Waals surface area (Å²) in [4.78, 5) is 21.3. The topological polar surface area (TPSA) is 78.9 Å². The molecule has 160 valence electrons. The van der Waals surface area contributed by atoms with E-state index >= 15 is 0 Å². The van der Waals surface area contributed by atoms with E-state index in [1.54, 1.807) is 0 Å². The molecule has 0 fully saturated rings. The molecule has 0 aliphatic rings. The highest BCUT2D eigenvalue weighted by atomic mass is 16.1. The van der Waals surface area contributed by atoms with Crippen LogP contribution in [0, 0.1) is 13.8 Å². The summed E-state index contributed by atoms with van der Waals surface area (Å²) in [5.74, 6) is 1.17. The van der Waals surface area contributed by atoms with E-state index in [9.17, 15) is 4.79 Å². The van der Waals surface area contributed by atoms with Crippen molar-refractivity contribution in [2.45, 2.75) is 20.3 Å². The third-order valence-corrected chi connectivity index (χ3v) is 4.81. The summed E-state index contributed by atoms with van der Waals surface area (Å²) in [6.45, 7) is 3.99. The Bertz CT molecular complexity index is 1190. The standard InChI is InChI=1S/C26H25N5O/c1-18-8-10-21(11-9-18)28-24-16-19(2)27-26(31-24)30-23-14-12-22(13-15-23)29-25(32)17-20-6-4-3-5-7-20/h3-16H,17H2,1-2H3,(H,29,32)(H2,27,28,30,31). The fourth-order valence-corrected chi connectivity index (χ4v) is 3.23. The van der Waals surface area contributed by atoms with Crippen molar-refractivity contribution in [2.24, 2.45) is 0 Å². The van der Waals surface area contributed by atoms with Crippen LogP contribution in [0.5, 0.6) is 0 Å². The molecule has 1 amide bonds. The van der Waals surface area contributed by atoms with Gasteiger partial charge in [0.15, 0.2) is 0 Å². The van der Waals surface area contributed by atoms with E-state index < -0.39 is 0 Å². The summed E-state index contributed by atoms with van der Waals surface area (Å²) in [5.41, 5.74) is 5.57. The molecule has 0 saturated carbocycles. The lowest BCUT2D eigenvalue weighted by Gasteiger charge is -2.11. The second-order valence-electron chi connectivity index (χ2n) is 7.62. The number of anilines is 5. The largest absolute Gasteiger partial charge is 0.340 e. The number of carbonyl (C=O) groups is 1. The monoisotopic (exact) mass is 423 g/mol. The number of hydrogen-bond acceptors (Lipinski definition) is 5. The highest BCUT2D eigenvalue weighted by Gasteiger charge is 2.06. The molecule has 0 saturated heterocycles. The maximum absolute atomic E-state index is 12.2. The van der Waals surface area contributed by atoms with Gasteiger partial charge in [0.1, 0.15) is 5.82 Å². The number of rotatable bonds is 7. The van der Waals surface area contributed by atoms with Gasteiger partial charge in [-0.3, -0.25) is 4.79 Å². The smallest absolute Gasteiger partial charge is 0.229 e. The normalized spacial score (nSPS) is 10.4. The van der Waals surface area contributed by atoms with Gasteiger partial charge < -0.3 is 16.0 Å². The highest BCUT2D eigenvalue weighted by molar-refractivity contribution is 5.92. The zero-order valence-corrected chi connectivity index (χ0v) is 18.1. The van der Waals surface area contributed by atoms with Gasteiger partial charge in [0, 0.05) is 28.8 Å². The average Bonchev–Trinajstić information content (AvgIpc) is 2.77. The van der Waals surface area contributed by atoms with Crippen LogP contribution in [0.25, 0.3) is 0 Å². The number of amides is 1. The van der Waals surface area contributed by atoms with E-state index in [2.05, 4.69) is 45.0 Å². The van der Waals surface area contributed by atoms with Crippen LogP contribution in [-0.4, -0.2) is 15.9 Å². The molecule has 4 aromatic rings. The second kappa shape index (κ2) is 9.75. The maximum Gasteiger partial charge on any atom is 0.229 e. The molecular weight excluding hydrogens is 398 g/mol. The van der Waals surface area contributed by atoms with Crippen LogP contribution in [0.15, 0.2) is 84.9 Å². The number of carbonyl (C=O) groups excluding carboxylic acids is 1. The molecule has 1 aromatic heterocycles. The van der Waals surface area contributed by atoms with E-state index in [0.29, 0.717) is 18.2 Å². The van der Waals surface area contributed by atoms with Gasteiger partial charge in [-0.15, -0.1) is 0 Å². The summed E-state index contributed by atoms with van der Waals surface area (Å²) in [6, 6.07) is 27.2. The number of nitrogens with zero attached hydrogens (tertiary/aromatic N) is 2. The third-order valence-electron chi connectivity index (χ3n) is 4.81. The van der Waals surface area contributed by atoms with Crippen molar-refractivity contribution in [1.29, 1.82) is 0 Å². The van der Waals surface area contributed by atoms with Crippen LogP contribution < -0.4 is 16.0 Å². The van der Waals surface area contributed by atoms with Crippen molar-refractivity contribution >= 4 is 34.7 Å². The first kappa shape index (κ1) is 21.1. The van der Waals surface area contributed by atoms with Gasteiger partial charge in [0.2, 0.25) is 11.9 Å². The highest BCUT2D eigenvalue weighted by Crippen LogP contribution is 2.21. The summed E-state index contributed by atoms with van der Waals surface area (Å²) in [5, 5.41) is 9.46. The Morgan fingerprint density at radius 2 is 1.38 bits per heavy atom. The summed E-state index contributed by atoms with van der Waals surface area (Å²) < 4.78 is 0. The van der Waals surface area contributed by atoms with Crippen molar-refractivity contribution in [1.82, 2.24) is 9.97 Å². The predicted octanol–water partition coefficient (Wildman–Crippen LogP) is 5.76. The maximum atomic E-state index is 12.2. The van der Waals surface area contributed by atoms with Gasteiger partial charge >= 0.3 is 0 Å². The summed E-state index contributed by atoms with van der Waals surface area (Å²) >= 11 is 0. The molecule has 0 unspecified atom stereocenters. The molecule has 6 heteroatoms. The first-order valence-corrected chi connectivity index (χ1v) is 10.4. The lowest BCUT2D eigenvalue weighted by molar-refractivity contribution is -0.115. The Hall–Kier alpha value is -4.19. The molecule has 3 N–H and O–H groups in total. The van der Waals surface area contributed by atoms with Crippen molar-refractivity contribution in [3.05, 3.63) is 102 Å². The van der Waals surface area contributed by atoms with Crippen molar-refractivity contribution < 1.29 is 4.79 Å². The van der Waals surface area contributed by atoms with E-state index in [-0.39, 0.29) is 5.91 Å². The van der Waals surface area contributed by atoms with Crippen LogP contribution in [0.2, 0.25) is 0 Å². The van der Waals surface area contributed by atoms with Gasteiger partial charge in [-0.1, -0.05) is 48.0 Å². The van der Waals surface area contributed by atoms with Gasteiger partial charge in [-0.2, -0.15) is 4.98 Å². The molecule has 3 aromatic carbocycles. The van der Waals surface area contributed by atoms with Crippen LogP contribution >= 0.6 is 0 Å². The fourth-order valence-electron chi connectivity index (χ4n) is 3.23. The minimum absolute atomic E-state index is 0.0502. The molecule has 0 atom stereocenters. The Morgan fingerprint density at radius 1 is 0.750 bits per heavy atom. The number of hydrogen-bond donors (Lipinski definition) is 3. The minimum Gasteiger partial charge on any atom is -0.340 e. The third kappa shape index (κ3) is 5.92. The predicted molar refractivity (Wildman–Crippen MR) is 130 cm³/mol. The molecule has 0 aliphatic carbocycles. The van der Waals surface area contributed by atoms with Gasteiger partial charge in [0.05, 0.1) is 6.42 Å². The SMILES string of the molecule is Cc1ccc(Nc2cc(C)nc(Nc3ccc(NC(=O)Cc4ccccc4)cc3)n2)cc1. The quantitative estimate of drug-likeness (QED) is 0.352. The zero-order valence-electron chi connectivity index (χ0n) is 18.1. The number of nitrogens with one attached hydrogen (secondary N) is 3. The first-order valence-electron chi connectivity index (χ1n) is 10.4.